The Morgan fingerprint density at radius 3 is 1.77 bits per heavy atom. The largest absolute Gasteiger partial charge is 0.318 e. The molecule has 0 saturated heterocycles. The van der Waals surface area contributed by atoms with Crippen LogP contribution in [0.25, 0.3) is 0 Å². The van der Waals surface area contributed by atoms with Gasteiger partial charge in [0.2, 0.25) is 0 Å². The van der Waals surface area contributed by atoms with Crippen LogP contribution in [-0.2, 0) is 16.0 Å². The van der Waals surface area contributed by atoms with Crippen LogP contribution in [0, 0.1) is 11.3 Å². The quantitative estimate of drug-likeness (QED) is 0.854. The molecule has 0 spiro atoms. The summed E-state index contributed by atoms with van der Waals surface area (Å²) in [7, 11) is 0. The number of rotatable bonds is 3. The molecule has 0 saturated carbocycles. The van der Waals surface area contributed by atoms with Crippen LogP contribution < -0.4 is 10.6 Å². The molecule has 0 atom stereocenters. The highest BCUT2D eigenvalue weighted by molar-refractivity contribution is 6.43. The number of aryl methyl sites for hydroxylation is 1. The maximum Gasteiger partial charge on any atom is 0.314 e. The number of carbonyl (C=O) groups is 2. The van der Waals surface area contributed by atoms with E-state index in [1.165, 1.54) is 0 Å². The van der Waals surface area contributed by atoms with Gasteiger partial charge in [0.1, 0.15) is 0 Å². The average molecular weight is 293 g/mol. The normalized spacial score (nSPS) is 9.64. The summed E-state index contributed by atoms with van der Waals surface area (Å²) in [4.78, 5) is 23.6. The molecule has 2 aromatic carbocycles. The first-order valence-corrected chi connectivity index (χ1v) is 6.84. The molecule has 0 aliphatic heterocycles. The maximum absolute atomic E-state index is 11.8. The number of amides is 2. The van der Waals surface area contributed by atoms with Crippen LogP contribution in [0.15, 0.2) is 48.5 Å². The van der Waals surface area contributed by atoms with Gasteiger partial charge >= 0.3 is 11.8 Å². The molecule has 0 heterocycles. The van der Waals surface area contributed by atoms with Crippen molar-refractivity contribution in [2.24, 2.45) is 0 Å². The van der Waals surface area contributed by atoms with Gasteiger partial charge in [-0.3, -0.25) is 9.59 Å². The van der Waals surface area contributed by atoms with E-state index in [2.05, 4.69) is 10.6 Å². The number of anilines is 2. The van der Waals surface area contributed by atoms with Gasteiger partial charge in [-0.15, -0.1) is 0 Å². The Morgan fingerprint density at radius 1 is 0.909 bits per heavy atom. The fraction of sp³-hybridized carbons (Fsp3) is 0.118. The van der Waals surface area contributed by atoms with Crippen LogP contribution in [0.5, 0.6) is 0 Å². The van der Waals surface area contributed by atoms with Gasteiger partial charge in [-0.25, -0.2) is 0 Å². The fourth-order valence-corrected chi connectivity index (χ4v) is 1.83. The van der Waals surface area contributed by atoms with Crippen LogP contribution in [0.1, 0.15) is 18.1 Å². The van der Waals surface area contributed by atoms with Gasteiger partial charge in [0.05, 0.1) is 11.6 Å². The predicted octanol–water partition coefficient (Wildman–Crippen LogP) is 2.70. The van der Waals surface area contributed by atoms with Gasteiger partial charge in [0, 0.05) is 11.4 Å². The molecular weight excluding hydrogens is 278 g/mol. The minimum atomic E-state index is -0.760. The summed E-state index contributed by atoms with van der Waals surface area (Å²) in [5.41, 5.74) is 2.66. The van der Waals surface area contributed by atoms with E-state index in [4.69, 9.17) is 5.26 Å². The van der Waals surface area contributed by atoms with Gasteiger partial charge in [-0.2, -0.15) is 5.26 Å². The van der Waals surface area contributed by atoms with E-state index in [0.29, 0.717) is 16.9 Å². The molecule has 0 radical (unpaired) electrons. The Hall–Kier alpha value is -3.13. The number of carbonyl (C=O) groups excluding carboxylic acids is 2. The first kappa shape index (κ1) is 15.3. The second kappa shape index (κ2) is 7.04. The van der Waals surface area contributed by atoms with Gasteiger partial charge in [-0.05, 0) is 48.4 Å². The summed E-state index contributed by atoms with van der Waals surface area (Å²) in [6, 6.07) is 15.6. The Morgan fingerprint density at radius 2 is 1.36 bits per heavy atom. The summed E-state index contributed by atoms with van der Waals surface area (Å²) in [6.45, 7) is 2.04. The van der Waals surface area contributed by atoms with E-state index in [-0.39, 0.29) is 0 Å². The van der Waals surface area contributed by atoms with Gasteiger partial charge in [0.15, 0.2) is 0 Å². The Balaban J connectivity index is 1.96. The van der Waals surface area contributed by atoms with Crippen molar-refractivity contribution in [3.63, 3.8) is 0 Å². The summed E-state index contributed by atoms with van der Waals surface area (Å²) in [6.07, 6.45) is 0.910. The van der Waals surface area contributed by atoms with Crippen molar-refractivity contribution >= 4 is 23.2 Å². The number of nitriles is 1. The topological polar surface area (TPSA) is 82.0 Å². The third kappa shape index (κ3) is 3.93. The van der Waals surface area contributed by atoms with Crippen LogP contribution >= 0.6 is 0 Å². The van der Waals surface area contributed by atoms with Gasteiger partial charge < -0.3 is 10.6 Å². The molecule has 110 valence electrons. The van der Waals surface area contributed by atoms with Crippen molar-refractivity contribution in [2.45, 2.75) is 13.3 Å². The zero-order valence-corrected chi connectivity index (χ0v) is 12.1. The molecule has 2 amide bonds. The lowest BCUT2D eigenvalue weighted by molar-refractivity contribution is -0.132. The van der Waals surface area contributed by atoms with Gasteiger partial charge in [0.25, 0.3) is 0 Å². The molecule has 0 aromatic heterocycles. The van der Waals surface area contributed by atoms with E-state index in [9.17, 15) is 9.59 Å². The lowest BCUT2D eigenvalue weighted by atomic mass is 10.1. The SMILES string of the molecule is CCc1ccc(NC(=O)C(=O)Nc2ccc(C#N)cc2)cc1. The number of nitrogens with zero attached hydrogens (tertiary/aromatic N) is 1. The van der Waals surface area contributed by atoms with E-state index < -0.39 is 11.8 Å². The molecular formula is C17H15N3O2. The monoisotopic (exact) mass is 293 g/mol. The van der Waals surface area contributed by atoms with E-state index in [1.54, 1.807) is 36.4 Å². The number of benzene rings is 2. The molecule has 0 unspecified atom stereocenters. The molecule has 2 N–H and O–H groups in total. The Labute approximate surface area is 128 Å². The second-order valence-corrected chi connectivity index (χ2v) is 4.65. The number of nitrogens with one attached hydrogen (secondary N) is 2. The molecule has 0 bridgehead atoms. The van der Waals surface area contributed by atoms with Crippen molar-refractivity contribution in [1.82, 2.24) is 0 Å². The first-order valence-electron chi connectivity index (χ1n) is 6.84. The third-order valence-corrected chi connectivity index (χ3v) is 3.10. The maximum atomic E-state index is 11.8. The molecule has 0 fully saturated rings. The number of hydrogen-bond acceptors (Lipinski definition) is 3. The van der Waals surface area contributed by atoms with E-state index in [0.717, 1.165) is 12.0 Å². The van der Waals surface area contributed by atoms with Crippen molar-refractivity contribution < 1.29 is 9.59 Å². The summed E-state index contributed by atoms with van der Waals surface area (Å²) >= 11 is 0. The molecule has 5 heteroatoms. The Kier molecular flexibility index (Phi) is 4.89. The highest BCUT2D eigenvalue weighted by Gasteiger charge is 2.13. The molecule has 2 rings (SSSR count). The van der Waals surface area contributed by atoms with Crippen molar-refractivity contribution in [3.05, 3.63) is 59.7 Å². The minimum Gasteiger partial charge on any atom is -0.318 e. The zero-order chi connectivity index (χ0) is 15.9. The lowest BCUT2D eigenvalue weighted by Gasteiger charge is -2.07. The Bertz CT molecular complexity index is 713. The van der Waals surface area contributed by atoms with Crippen LogP contribution in [-0.4, -0.2) is 11.8 Å². The zero-order valence-electron chi connectivity index (χ0n) is 12.1. The molecule has 0 aliphatic carbocycles. The average Bonchev–Trinajstić information content (AvgIpc) is 2.56. The third-order valence-electron chi connectivity index (χ3n) is 3.10. The smallest absolute Gasteiger partial charge is 0.314 e. The van der Waals surface area contributed by atoms with Crippen molar-refractivity contribution in [1.29, 1.82) is 5.26 Å². The minimum absolute atomic E-state index is 0.459. The number of hydrogen-bond donors (Lipinski definition) is 2. The van der Waals surface area contributed by atoms with Crippen molar-refractivity contribution in [3.8, 4) is 6.07 Å². The molecule has 22 heavy (non-hydrogen) atoms. The summed E-state index contributed by atoms with van der Waals surface area (Å²) in [5.74, 6) is -1.50. The van der Waals surface area contributed by atoms with Crippen LogP contribution in [0.3, 0.4) is 0 Å². The van der Waals surface area contributed by atoms with Crippen molar-refractivity contribution in [2.75, 3.05) is 10.6 Å². The van der Waals surface area contributed by atoms with Crippen LogP contribution in [0.2, 0.25) is 0 Å². The van der Waals surface area contributed by atoms with E-state index in [1.807, 2.05) is 25.1 Å². The highest BCUT2D eigenvalue weighted by Crippen LogP contribution is 2.11. The van der Waals surface area contributed by atoms with Gasteiger partial charge in [-0.1, -0.05) is 19.1 Å². The molecule has 5 nitrogen and oxygen atoms in total. The molecule has 2 aromatic rings. The van der Waals surface area contributed by atoms with Crippen LogP contribution in [0.4, 0.5) is 11.4 Å². The summed E-state index contributed by atoms with van der Waals surface area (Å²) in [5, 5.41) is 13.7. The first-order chi connectivity index (χ1) is 10.6. The standard InChI is InChI=1S/C17H15N3O2/c1-2-12-3-7-14(8-4-12)19-16(21)17(22)20-15-9-5-13(11-18)6-10-15/h3-10H,2H2,1H3,(H,19,21)(H,20,22). The fourth-order valence-electron chi connectivity index (χ4n) is 1.83. The van der Waals surface area contributed by atoms with E-state index >= 15 is 0 Å². The summed E-state index contributed by atoms with van der Waals surface area (Å²) < 4.78 is 0. The predicted molar refractivity (Wildman–Crippen MR) is 84.2 cm³/mol. The highest BCUT2D eigenvalue weighted by atomic mass is 16.2. The lowest BCUT2D eigenvalue weighted by Crippen LogP contribution is -2.29. The second-order valence-electron chi connectivity index (χ2n) is 4.65. The molecule has 0 aliphatic rings.